The molecule has 0 aromatic rings. The average molecular weight is 193 g/mol. The van der Waals surface area contributed by atoms with E-state index in [-0.39, 0.29) is 0 Å². The molecular weight excluding hydrogens is 174 g/mol. The van der Waals surface area contributed by atoms with Crippen LogP contribution in [0.3, 0.4) is 0 Å². The Labute approximate surface area is 85.4 Å². The zero-order valence-electron chi connectivity index (χ0n) is 8.74. The van der Waals surface area contributed by atoms with E-state index in [9.17, 15) is 0 Å². The molecule has 3 nitrogen and oxygen atoms in total. The molecule has 1 unspecified atom stereocenters. The first-order chi connectivity index (χ1) is 6.66. The van der Waals surface area contributed by atoms with E-state index in [1.165, 1.54) is 12.8 Å². The minimum Gasteiger partial charge on any atom is -0.397 e. The first-order valence-electron chi connectivity index (χ1n) is 5.37. The number of nitrogens with two attached hydrogens (primary N) is 2. The molecule has 1 atom stereocenters. The normalized spacial score (nSPS) is 26.9. The third-order valence-corrected chi connectivity index (χ3v) is 2.90. The summed E-state index contributed by atoms with van der Waals surface area (Å²) in [6, 6.07) is 0. The Hall–Kier alpha value is -0.960. The summed E-state index contributed by atoms with van der Waals surface area (Å²) in [5.41, 5.74) is 7.80. The maximum Gasteiger partial charge on any atom is 0.0703 e. The van der Waals surface area contributed by atoms with E-state index >= 15 is 0 Å². The van der Waals surface area contributed by atoms with Gasteiger partial charge in [0.1, 0.15) is 0 Å². The highest BCUT2D eigenvalue weighted by Gasteiger charge is 2.25. The standard InChI is InChI=1S/C11H19N3/c1-8-2-5-11(10(12)6-8)14(13)7-9-3-4-9/h5-6,8-9H,2-4,7,12-13H2,1H3. The summed E-state index contributed by atoms with van der Waals surface area (Å²) in [5, 5.41) is 1.81. The van der Waals surface area contributed by atoms with Crippen LogP contribution in [0.2, 0.25) is 0 Å². The third kappa shape index (κ3) is 2.10. The minimum absolute atomic E-state index is 0.549. The van der Waals surface area contributed by atoms with Crippen LogP contribution < -0.4 is 11.6 Å². The van der Waals surface area contributed by atoms with Crippen molar-refractivity contribution < 1.29 is 0 Å². The van der Waals surface area contributed by atoms with Crippen molar-refractivity contribution in [3.05, 3.63) is 23.5 Å². The molecule has 2 rings (SSSR count). The highest BCUT2D eigenvalue weighted by Crippen LogP contribution is 2.31. The SMILES string of the molecule is CC1C=C(N)C(N(N)CC2CC2)=CC1. The number of hydrogen-bond donors (Lipinski definition) is 2. The Morgan fingerprint density at radius 2 is 2.21 bits per heavy atom. The van der Waals surface area contributed by atoms with E-state index in [4.69, 9.17) is 11.6 Å². The summed E-state index contributed by atoms with van der Waals surface area (Å²) in [6.07, 6.45) is 7.95. The molecular formula is C11H19N3. The quantitative estimate of drug-likeness (QED) is 0.525. The molecule has 0 aromatic heterocycles. The molecule has 0 heterocycles. The lowest BCUT2D eigenvalue weighted by Gasteiger charge is -2.25. The van der Waals surface area contributed by atoms with Crippen LogP contribution in [0.15, 0.2) is 23.5 Å². The zero-order chi connectivity index (χ0) is 10.1. The van der Waals surface area contributed by atoms with Gasteiger partial charge < -0.3 is 10.7 Å². The summed E-state index contributed by atoms with van der Waals surface area (Å²) in [4.78, 5) is 0. The molecule has 0 bridgehead atoms. The fraction of sp³-hybridized carbons (Fsp3) is 0.636. The van der Waals surface area contributed by atoms with Crippen LogP contribution in [0.4, 0.5) is 0 Å². The maximum atomic E-state index is 5.97. The van der Waals surface area contributed by atoms with E-state index in [1.54, 1.807) is 0 Å². The fourth-order valence-corrected chi connectivity index (χ4v) is 1.84. The van der Waals surface area contributed by atoms with E-state index < -0.39 is 0 Å². The monoisotopic (exact) mass is 193 g/mol. The van der Waals surface area contributed by atoms with Crippen LogP contribution in [0, 0.1) is 11.8 Å². The van der Waals surface area contributed by atoms with Gasteiger partial charge in [-0.25, -0.2) is 5.84 Å². The van der Waals surface area contributed by atoms with Gasteiger partial charge in [0.15, 0.2) is 0 Å². The highest BCUT2D eigenvalue weighted by molar-refractivity contribution is 5.30. The number of allylic oxidation sites excluding steroid dienone is 2. The highest BCUT2D eigenvalue weighted by atomic mass is 15.4. The van der Waals surface area contributed by atoms with Crippen molar-refractivity contribution in [1.29, 1.82) is 0 Å². The average Bonchev–Trinajstić information content (AvgIpc) is 2.87. The second kappa shape index (κ2) is 3.65. The summed E-state index contributed by atoms with van der Waals surface area (Å²) >= 11 is 0. The molecule has 4 N–H and O–H groups in total. The van der Waals surface area contributed by atoms with Gasteiger partial charge in [0.25, 0.3) is 0 Å². The molecule has 0 aromatic carbocycles. The second-order valence-corrected chi connectivity index (χ2v) is 4.52. The molecule has 0 aliphatic heterocycles. The minimum atomic E-state index is 0.549. The van der Waals surface area contributed by atoms with Crippen LogP contribution in [-0.4, -0.2) is 11.6 Å². The van der Waals surface area contributed by atoms with Gasteiger partial charge >= 0.3 is 0 Å². The molecule has 0 saturated heterocycles. The zero-order valence-corrected chi connectivity index (χ0v) is 8.74. The van der Waals surface area contributed by atoms with Crippen LogP contribution in [0.1, 0.15) is 26.2 Å². The van der Waals surface area contributed by atoms with Crippen molar-refractivity contribution in [3.8, 4) is 0 Å². The number of hydrazine groups is 1. The van der Waals surface area contributed by atoms with Crippen molar-refractivity contribution in [2.45, 2.75) is 26.2 Å². The van der Waals surface area contributed by atoms with E-state index in [0.29, 0.717) is 5.92 Å². The topological polar surface area (TPSA) is 55.3 Å². The van der Waals surface area contributed by atoms with Crippen LogP contribution in [0.25, 0.3) is 0 Å². The Morgan fingerprint density at radius 1 is 1.50 bits per heavy atom. The van der Waals surface area contributed by atoms with Gasteiger partial charge in [-0.1, -0.05) is 19.1 Å². The molecule has 3 heteroatoms. The van der Waals surface area contributed by atoms with Crippen molar-refractivity contribution in [2.24, 2.45) is 23.4 Å². The van der Waals surface area contributed by atoms with E-state index in [1.807, 2.05) is 5.01 Å². The molecule has 78 valence electrons. The predicted octanol–water partition coefficient (Wildman–Crippen LogP) is 1.34. The number of hydrogen-bond acceptors (Lipinski definition) is 3. The largest absolute Gasteiger partial charge is 0.397 e. The summed E-state index contributed by atoms with van der Waals surface area (Å²) in [5.74, 6) is 7.32. The number of rotatable bonds is 3. The molecule has 0 radical (unpaired) electrons. The van der Waals surface area contributed by atoms with Crippen molar-refractivity contribution in [1.82, 2.24) is 5.01 Å². The van der Waals surface area contributed by atoms with Gasteiger partial charge in [-0.05, 0) is 31.1 Å². The van der Waals surface area contributed by atoms with Crippen molar-refractivity contribution in [3.63, 3.8) is 0 Å². The molecule has 1 fully saturated rings. The van der Waals surface area contributed by atoms with Gasteiger partial charge in [-0.2, -0.15) is 0 Å². The van der Waals surface area contributed by atoms with Crippen LogP contribution in [0.5, 0.6) is 0 Å². The van der Waals surface area contributed by atoms with Gasteiger partial charge in [0, 0.05) is 6.54 Å². The van der Waals surface area contributed by atoms with E-state index in [0.717, 1.165) is 30.3 Å². The lowest BCUT2D eigenvalue weighted by Crippen LogP contribution is -2.35. The number of nitrogens with zero attached hydrogens (tertiary/aromatic N) is 1. The summed E-state index contributed by atoms with van der Waals surface area (Å²) in [7, 11) is 0. The fourth-order valence-electron chi connectivity index (χ4n) is 1.84. The maximum absolute atomic E-state index is 5.97. The van der Waals surface area contributed by atoms with E-state index in [2.05, 4.69) is 19.1 Å². The lowest BCUT2D eigenvalue weighted by atomic mass is 9.99. The first-order valence-corrected chi connectivity index (χ1v) is 5.37. The molecule has 14 heavy (non-hydrogen) atoms. The second-order valence-electron chi connectivity index (χ2n) is 4.52. The van der Waals surface area contributed by atoms with Crippen molar-refractivity contribution >= 4 is 0 Å². The summed E-state index contributed by atoms with van der Waals surface area (Å²) < 4.78 is 0. The Balaban J connectivity index is 1.98. The van der Waals surface area contributed by atoms with Gasteiger partial charge in [0.2, 0.25) is 0 Å². The third-order valence-electron chi connectivity index (χ3n) is 2.90. The first kappa shape index (κ1) is 9.59. The lowest BCUT2D eigenvalue weighted by molar-refractivity contribution is 0.343. The van der Waals surface area contributed by atoms with Crippen molar-refractivity contribution in [2.75, 3.05) is 6.54 Å². The molecule has 1 saturated carbocycles. The van der Waals surface area contributed by atoms with Gasteiger partial charge in [-0.3, -0.25) is 0 Å². The van der Waals surface area contributed by atoms with Gasteiger partial charge in [-0.15, -0.1) is 0 Å². The Kier molecular flexibility index (Phi) is 2.50. The predicted molar refractivity (Wildman–Crippen MR) is 57.8 cm³/mol. The van der Waals surface area contributed by atoms with Crippen LogP contribution >= 0.6 is 0 Å². The molecule has 0 spiro atoms. The van der Waals surface area contributed by atoms with Crippen LogP contribution in [-0.2, 0) is 0 Å². The molecule has 0 amide bonds. The summed E-state index contributed by atoms with van der Waals surface area (Å²) in [6.45, 7) is 3.12. The Bertz CT molecular complexity index is 276. The molecule has 2 aliphatic rings. The Morgan fingerprint density at radius 3 is 2.79 bits per heavy atom. The smallest absolute Gasteiger partial charge is 0.0703 e. The molecule has 2 aliphatic carbocycles. The van der Waals surface area contributed by atoms with Gasteiger partial charge in [0.05, 0.1) is 11.4 Å².